The van der Waals surface area contributed by atoms with E-state index in [0.717, 1.165) is 16.8 Å². The summed E-state index contributed by atoms with van der Waals surface area (Å²) in [5, 5.41) is 4.47. The second-order valence-corrected chi connectivity index (χ2v) is 5.75. The lowest BCUT2D eigenvalue weighted by Gasteiger charge is -2.12. The third-order valence-electron chi connectivity index (χ3n) is 3.10. The molecule has 1 N–H and O–H groups in total. The fourth-order valence-corrected chi connectivity index (χ4v) is 3.01. The van der Waals surface area contributed by atoms with Crippen molar-refractivity contribution in [1.29, 1.82) is 0 Å². The van der Waals surface area contributed by atoms with Gasteiger partial charge in [0.15, 0.2) is 16.7 Å². The third-order valence-corrected chi connectivity index (χ3v) is 3.85. The van der Waals surface area contributed by atoms with Gasteiger partial charge in [0.2, 0.25) is 6.79 Å². The van der Waals surface area contributed by atoms with E-state index in [2.05, 4.69) is 10.3 Å². The number of hydrogen-bond acceptors (Lipinski definition) is 4. The van der Waals surface area contributed by atoms with Gasteiger partial charge in [0.05, 0.1) is 10.7 Å². The molecular weight excluding hydrogens is 335 g/mol. The molecule has 0 radical (unpaired) electrons. The maximum Gasteiger partial charge on any atom is 0.231 e. The van der Waals surface area contributed by atoms with Crippen LogP contribution in [0.4, 0.5) is 5.69 Å². The predicted molar refractivity (Wildman–Crippen MR) is 83.9 cm³/mol. The maximum absolute atomic E-state index is 6.15. The topological polar surface area (TPSA) is 43.4 Å². The van der Waals surface area contributed by atoms with Gasteiger partial charge in [-0.2, -0.15) is 0 Å². The van der Waals surface area contributed by atoms with E-state index in [9.17, 15) is 0 Å². The van der Waals surface area contributed by atoms with Crippen LogP contribution < -0.4 is 14.8 Å². The Morgan fingerprint density at radius 2 is 2.00 bits per heavy atom. The van der Waals surface area contributed by atoms with Crippen LogP contribution in [0.5, 0.6) is 11.5 Å². The fraction of sp³-hybridized carbons (Fsp3) is 0.214. The van der Waals surface area contributed by atoms with Crippen LogP contribution in [0.3, 0.4) is 0 Å². The van der Waals surface area contributed by atoms with Crippen molar-refractivity contribution >= 4 is 40.5 Å². The molecular formula is C14H11Cl3N2O2. The first-order valence-electron chi connectivity index (χ1n) is 6.19. The van der Waals surface area contributed by atoms with Gasteiger partial charge in [-0.25, -0.2) is 4.98 Å². The van der Waals surface area contributed by atoms with Crippen molar-refractivity contribution in [2.45, 2.75) is 13.5 Å². The molecule has 1 aromatic heterocycles. The van der Waals surface area contributed by atoms with Crippen LogP contribution in [0.2, 0.25) is 15.3 Å². The van der Waals surface area contributed by atoms with Gasteiger partial charge < -0.3 is 14.8 Å². The van der Waals surface area contributed by atoms with Crippen LogP contribution in [0.15, 0.2) is 18.2 Å². The fourth-order valence-electron chi connectivity index (χ4n) is 2.12. The number of hydrogen-bond donors (Lipinski definition) is 1. The summed E-state index contributed by atoms with van der Waals surface area (Å²) in [5.74, 6) is 1.24. The molecule has 0 fully saturated rings. The summed E-state index contributed by atoms with van der Waals surface area (Å²) in [6, 6.07) is 5.46. The highest BCUT2D eigenvalue weighted by Gasteiger charge is 2.18. The van der Waals surface area contributed by atoms with E-state index in [0.29, 0.717) is 33.4 Å². The Morgan fingerprint density at radius 3 is 2.76 bits per heavy atom. The molecule has 2 heterocycles. The first-order chi connectivity index (χ1) is 10.0. The SMILES string of the molecule is Cc1cc(Cl)nc(Cl)c1NCc1cc(Cl)c2c(c1)OCO2. The molecule has 21 heavy (non-hydrogen) atoms. The molecule has 3 rings (SSSR count). The number of nitrogens with zero attached hydrogens (tertiary/aromatic N) is 1. The van der Waals surface area contributed by atoms with E-state index >= 15 is 0 Å². The van der Waals surface area contributed by atoms with Crippen LogP contribution in [-0.2, 0) is 6.54 Å². The second-order valence-electron chi connectivity index (χ2n) is 4.59. The molecule has 2 aromatic rings. The Hall–Kier alpha value is -1.36. The van der Waals surface area contributed by atoms with Crippen LogP contribution >= 0.6 is 34.8 Å². The van der Waals surface area contributed by atoms with Gasteiger partial charge in [0, 0.05) is 6.54 Å². The molecule has 0 saturated carbocycles. The van der Waals surface area contributed by atoms with Crippen LogP contribution in [0.25, 0.3) is 0 Å². The summed E-state index contributed by atoms with van der Waals surface area (Å²) in [6.45, 7) is 2.63. The van der Waals surface area contributed by atoms with Gasteiger partial charge >= 0.3 is 0 Å². The largest absolute Gasteiger partial charge is 0.454 e. The summed E-state index contributed by atoms with van der Waals surface area (Å²) >= 11 is 18.1. The summed E-state index contributed by atoms with van der Waals surface area (Å²) < 4.78 is 10.6. The summed E-state index contributed by atoms with van der Waals surface area (Å²) in [4.78, 5) is 4.02. The number of pyridine rings is 1. The van der Waals surface area contributed by atoms with E-state index in [-0.39, 0.29) is 6.79 Å². The zero-order chi connectivity index (χ0) is 15.0. The van der Waals surface area contributed by atoms with E-state index in [1.165, 1.54) is 0 Å². The molecule has 1 aromatic carbocycles. The minimum absolute atomic E-state index is 0.192. The van der Waals surface area contributed by atoms with E-state index in [1.807, 2.05) is 19.1 Å². The quantitative estimate of drug-likeness (QED) is 0.820. The standard InChI is InChI=1S/C14H11Cl3N2O2/c1-7-2-11(16)19-14(17)12(7)18-5-8-3-9(15)13-10(4-8)20-6-21-13/h2-4,18H,5-6H2,1H3. The van der Waals surface area contributed by atoms with E-state index in [4.69, 9.17) is 44.3 Å². The number of benzene rings is 1. The predicted octanol–water partition coefficient (Wildman–Crippen LogP) is 4.69. The Morgan fingerprint density at radius 1 is 1.19 bits per heavy atom. The molecule has 1 aliphatic heterocycles. The van der Waals surface area contributed by atoms with Gasteiger partial charge in [-0.05, 0) is 36.2 Å². The summed E-state index contributed by atoms with van der Waals surface area (Å²) in [6.07, 6.45) is 0. The number of halogens is 3. The van der Waals surface area contributed by atoms with Crippen molar-refractivity contribution in [3.63, 3.8) is 0 Å². The zero-order valence-corrected chi connectivity index (χ0v) is 13.3. The van der Waals surface area contributed by atoms with Crippen LogP contribution in [-0.4, -0.2) is 11.8 Å². The summed E-state index contributed by atoms with van der Waals surface area (Å²) in [5.41, 5.74) is 2.62. The van der Waals surface area contributed by atoms with Gasteiger partial charge in [-0.3, -0.25) is 0 Å². The number of ether oxygens (including phenoxy) is 2. The molecule has 7 heteroatoms. The van der Waals surface area contributed by atoms with Crippen molar-refractivity contribution < 1.29 is 9.47 Å². The minimum Gasteiger partial charge on any atom is -0.454 e. The van der Waals surface area contributed by atoms with Crippen molar-refractivity contribution in [2.24, 2.45) is 0 Å². The van der Waals surface area contributed by atoms with Crippen molar-refractivity contribution in [1.82, 2.24) is 4.98 Å². The van der Waals surface area contributed by atoms with Crippen molar-refractivity contribution in [3.05, 3.63) is 44.7 Å². The third kappa shape index (κ3) is 2.98. The number of rotatable bonds is 3. The minimum atomic E-state index is 0.192. The number of fused-ring (bicyclic) bond motifs is 1. The van der Waals surface area contributed by atoms with Crippen molar-refractivity contribution in [2.75, 3.05) is 12.1 Å². The maximum atomic E-state index is 6.15. The lowest BCUT2D eigenvalue weighted by atomic mass is 10.2. The normalized spacial score (nSPS) is 12.6. The van der Waals surface area contributed by atoms with Gasteiger partial charge in [0.1, 0.15) is 5.15 Å². The first kappa shape index (κ1) is 14.6. The molecule has 0 unspecified atom stereocenters. The highest BCUT2D eigenvalue weighted by molar-refractivity contribution is 6.34. The Kier molecular flexibility index (Phi) is 4.02. The first-order valence-corrected chi connectivity index (χ1v) is 7.32. The lowest BCUT2D eigenvalue weighted by molar-refractivity contribution is 0.174. The zero-order valence-electron chi connectivity index (χ0n) is 11.0. The smallest absolute Gasteiger partial charge is 0.231 e. The van der Waals surface area contributed by atoms with Crippen LogP contribution in [0, 0.1) is 6.92 Å². The number of aryl methyl sites for hydroxylation is 1. The molecule has 110 valence electrons. The van der Waals surface area contributed by atoms with Crippen LogP contribution in [0.1, 0.15) is 11.1 Å². The van der Waals surface area contributed by atoms with Crippen molar-refractivity contribution in [3.8, 4) is 11.5 Å². The average Bonchev–Trinajstić information content (AvgIpc) is 2.86. The highest BCUT2D eigenvalue weighted by Crippen LogP contribution is 2.40. The molecule has 4 nitrogen and oxygen atoms in total. The Balaban J connectivity index is 1.81. The van der Waals surface area contributed by atoms with E-state index in [1.54, 1.807) is 6.07 Å². The van der Waals surface area contributed by atoms with Gasteiger partial charge in [-0.1, -0.05) is 34.8 Å². The average molecular weight is 346 g/mol. The number of aromatic nitrogens is 1. The molecule has 0 spiro atoms. The monoisotopic (exact) mass is 344 g/mol. The number of nitrogens with one attached hydrogen (secondary N) is 1. The molecule has 1 aliphatic rings. The lowest BCUT2D eigenvalue weighted by Crippen LogP contribution is -2.03. The Labute approximate surface area is 136 Å². The summed E-state index contributed by atoms with van der Waals surface area (Å²) in [7, 11) is 0. The molecule has 0 atom stereocenters. The Bertz CT molecular complexity index is 684. The van der Waals surface area contributed by atoms with Gasteiger partial charge in [0.25, 0.3) is 0 Å². The highest BCUT2D eigenvalue weighted by atomic mass is 35.5. The molecule has 0 saturated heterocycles. The van der Waals surface area contributed by atoms with Gasteiger partial charge in [-0.15, -0.1) is 0 Å². The van der Waals surface area contributed by atoms with E-state index < -0.39 is 0 Å². The molecule has 0 bridgehead atoms. The molecule has 0 aliphatic carbocycles. The second kappa shape index (κ2) is 5.79. The number of anilines is 1. The molecule has 0 amide bonds.